The van der Waals surface area contributed by atoms with Crippen LogP contribution in [-0.4, -0.2) is 59.1 Å². The van der Waals surface area contributed by atoms with Crippen molar-refractivity contribution in [1.29, 1.82) is 0 Å². The summed E-state index contributed by atoms with van der Waals surface area (Å²) in [4.78, 5) is 30.8. The van der Waals surface area contributed by atoms with Gasteiger partial charge in [0.25, 0.3) is 0 Å². The number of fused-ring (bicyclic) bond motifs is 2. The van der Waals surface area contributed by atoms with E-state index in [-0.39, 0.29) is 23.7 Å². The molecule has 0 saturated carbocycles. The highest BCUT2D eigenvalue weighted by Crippen LogP contribution is 2.38. The highest BCUT2D eigenvalue weighted by molar-refractivity contribution is 6.00. The predicted octanol–water partition coefficient (Wildman–Crippen LogP) is 3.53. The number of phenols is 1. The number of nitrogens with two attached hydrogens (primary N) is 1. The normalized spacial score (nSPS) is 16.2. The molecule has 2 heterocycles. The second kappa shape index (κ2) is 8.41. The molecule has 170 valence electrons. The maximum atomic E-state index is 13.4. The van der Waals surface area contributed by atoms with Crippen molar-refractivity contribution in [3.05, 3.63) is 60.2 Å². The SMILES string of the molecule is CCC(=O)N1CC(N2Cc3ccc(-c4cc(O)cc5ccccc45)cc3N(CCN)C2=O)C1. The highest BCUT2D eigenvalue weighted by atomic mass is 16.3. The Morgan fingerprint density at radius 1 is 1.12 bits per heavy atom. The molecule has 3 N–H and O–H groups in total. The summed E-state index contributed by atoms with van der Waals surface area (Å²) in [6, 6.07) is 17.5. The lowest BCUT2D eigenvalue weighted by Gasteiger charge is -2.48. The second-order valence-corrected chi connectivity index (χ2v) is 8.71. The number of carbonyl (C=O) groups excluding carboxylic acids is 2. The first-order valence-corrected chi connectivity index (χ1v) is 11.4. The Labute approximate surface area is 193 Å². The summed E-state index contributed by atoms with van der Waals surface area (Å²) >= 11 is 0. The number of likely N-dealkylation sites (tertiary alicyclic amines) is 1. The van der Waals surface area contributed by atoms with Crippen molar-refractivity contribution in [2.75, 3.05) is 31.1 Å². The number of hydrogen-bond acceptors (Lipinski definition) is 4. The minimum Gasteiger partial charge on any atom is -0.508 e. The van der Waals surface area contributed by atoms with E-state index in [0.717, 1.165) is 33.2 Å². The molecule has 0 radical (unpaired) electrons. The third kappa shape index (κ3) is 3.68. The molecule has 0 atom stereocenters. The van der Waals surface area contributed by atoms with Crippen molar-refractivity contribution >= 4 is 28.4 Å². The zero-order valence-corrected chi connectivity index (χ0v) is 18.7. The molecule has 5 rings (SSSR count). The van der Waals surface area contributed by atoms with Crippen molar-refractivity contribution in [3.63, 3.8) is 0 Å². The molecule has 3 amide bonds. The summed E-state index contributed by atoms with van der Waals surface area (Å²) in [5, 5.41) is 12.3. The van der Waals surface area contributed by atoms with Crippen molar-refractivity contribution in [1.82, 2.24) is 9.80 Å². The van der Waals surface area contributed by atoms with E-state index in [2.05, 4.69) is 6.07 Å². The van der Waals surface area contributed by atoms with Crippen molar-refractivity contribution < 1.29 is 14.7 Å². The number of hydrogen-bond donors (Lipinski definition) is 2. The van der Waals surface area contributed by atoms with Crippen molar-refractivity contribution in [2.24, 2.45) is 5.73 Å². The minimum absolute atomic E-state index is 0.0242. The van der Waals surface area contributed by atoms with E-state index < -0.39 is 0 Å². The number of nitrogens with zero attached hydrogens (tertiary/aromatic N) is 3. The maximum Gasteiger partial charge on any atom is 0.325 e. The van der Waals surface area contributed by atoms with E-state index in [1.54, 1.807) is 21.9 Å². The molecule has 1 saturated heterocycles. The molecule has 2 aliphatic heterocycles. The van der Waals surface area contributed by atoms with E-state index in [9.17, 15) is 14.7 Å². The first kappa shape index (κ1) is 21.3. The standard InChI is InChI=1S/C26H28N4O3/c1-2-25(32)28-15-20(16-28)30-14-19-8-7-18(12-24(19)29(10-9-27)26(30)33)23-13-21(31)11-17-5-3-4-6-22(17)23/h3-8,11-13,20,31H,2,9-10,14-16,27H2,1H3. The fourth-order valence-corrected chi connectivity index (χ4v) is 4.87. The predicted molar refractivity (Wildman–Crippen MR) is 129 cm³/mol. The van der Waals surface area contributed by atoms with Crippen molar-refractivity contribution in [3.8, 4) is 16.9 Å². The van der Waals surface area contributed by atoms with Gasteiger partial charge < -0.3 is 20.6 Å². The second-order valence-electron chi connectivity index (χ2n) is 8.71. The molecular formula is C26H28N4O3. The topological polar surface area (TPSA) is 90.1 Å². The molecular weight excluding hydrogens is 416 g/mol. The maximum absolute atomic E-state index is 13.4. The summed E-state index contributed by atoms with van der Waals surface area (Å²) in [5.74, 6) is 0.330. The number of anilines is 1. The van der Waals surface area contributed by atoms with Crippen LogP contribution in [0.25, 0.3) is 21.9 Å². The van der Waals surface area contributed by atoms with Gasteiger partial charge in [-0.05, 0) is 45.7 Å². The Balaban J connectivity index is 1.50. The summed E-state index contributed by atoms with van der Waals surface area (Å²) in [6.45, 7) is 4.29. The lowest BCUT2D eigenvalue weighted by atomic mass is 9.94. The summed E-state index contributed by atoms with van der Waals surface area (Å²) < 4.78 is 0. The number of rotatable bonds is 5. The first-order valence-electron chi connectivity index (χ1n) is 11.4. The smallest absolute Gasteiger partial charge is 0.325 e. The molecule has 3 aromatic rings. The van der Waals surface area contributed by atoms with Gasteiger partial charge in [0.15, 0.2) is 0 Å². The van der Waals surface area contributed by atoms with Crippen LogP contribution >= 0.6 is 0 Å². The van der Waals surface area contributed by atoms with Gasteiger partial charge in [-0.2, -0.15) is 0 Å². The van der Waals surface area contributed by atoms with Gasteiger partial charge in [-0.1, -0.05) is 43.3 Å². The molecule has 1 fully saturated rings. The molecule has 33 heavy (non-hydrogen) atoms. The Morgan fingerprint density at radius 2 is 1.91 bits per heavy atom. The number of aromatic hydroxyl groups is 1. The van der Waals surface area contributed by atoms with E-state index >= 15 is 0 Å². The first-order chi connectivity index (χ1) is 16.0. The quantitative estimate of drug-likeness (QED) is 0.630. The summed E-state index contributed by atoms with van der Waals surface area (Å²) in [7, 11) is 0. The molecule has 0 spiro atoms. The third-order valence-corrected chi connectivity index (χ3v) is 6.66. The Hall–Kier alpha value is -3.58. The minimum atomic E-state index is -0.0699. The van der Waals surface area contributed by atoms with E-state index in [0.29, 0.717) is 39.1 Å². The molecule has 0 bridgehead atoms. The number of benzene rings is 3. The Bertz CT molecular complexity index is 1240. The van der Waals surface area contributed by atoms with E-state index in [1.165, 1.54) is 0 Å². The number of phenolic OH excluding ortho intramolecular Hbond substituents is 1. The van der Waals surface area contributed by atoms with E-state index in [4.69, 9.17) is 5.73 Å². The van der Waals surface area contributed by atoms with Gasteiger partial charge in [-0.3, -0.25) is 9.69 Å². The van der Waals surface area contributed by atoms with Crippen LogP contribution in [0.5, 0.6) is 5.75 Å². The monoisotopic (exact) mass is 444 g/mol. The van der Waals surface area contributed by atoms with Crippen LogP contribution in [0.3, 0.4) is 0 Å². The molecule has 0 aliphatic carbocycles. The average Bonchev–Trinajstić information content (AvgIpc) is 2.79. The van der Waals surface area contributed by atoms with Gasteiger partial charge in [0, 0.05) is 39.1 Å². The van der Waals surface area contributed by atoms with Crippen LogP contribution in [0.15, 0.2) is 54.6 Å². The van der Waals surface area contributed by atoms with Crippen LogP contribution in [0, 0.1) is 0 Å². The molecule has 2 aliphatic rings. The molecule has 7 heteroatoms. The molecule has 7 nitrogen and oxygen atoms in total. The van der Waals surface area contributed by atoms with E-state index in [1.807, 2.05) is 48.2 Å². The largest absolute Gasteiger partial charge is 0.508 e. The van der Waals surface area contributed by atoms with Crippen molar-refractivity contribution in [2.45, 2.75) is 25.9 Å². The molecule has 0 aromatic heterocycles. The van der Waals surface area contributed by atoms with Crippen LogP contribution in [-0.2, 0) is 11.3 Å². The number of amides is 3. The Kier molecular flexibility index (Phi) is 5.42. The fraction of sp³-hybridized carbons (Fsp3) is 0.308. The zero-order valence-electron chi connectivity index (χ0n) is 18.7. The van der Waals surface area contributed by atoms with Gasteiger partial charge in [0.1, 0.15) is 5.75 Å². The number of carbonyl (C=O) groups is 2. The summed E-state index contributed by atoms with van der Waals surface area (Å²) in [5.41, 5.74) is 9.64. The van der Waals surface area contributed by atoms with Gasteiger partial charge in [0.05, 0.1) is 11.7 Å². The lowest BCUT2D eigenvalue weighted by Crippen LogP contribution is -2.65. The van der Waals surface area contributed by atoms with Gasteiger partial charge in [0.2, 0.25) is 5.91 Å². The van der Waals surface area contributed by atoms with Crippen LogP contribution < -0.4 is 10.6 Å². The molecule has 3 aromatic carbocycles. The Morgan fingerprint density at radius 3 is 2.67 bits per heavy atom. The van der Waals surface area contributed by atoms with Crippen LogP contribution in [0.4, 0.5) is 10.5 Å². The van der Waals surface area contributed by atoms with Gasteiger partial charge >= 0.3 is 6.03 Å². The fourth-order valence-electron chi connectivity index (χ4n) is 4.87. The van der Waals surface area contributed by atoms with Gasteiger partial charge in [-0.25, -0.2) is 4.79 Å². The number of urea groups is 1. The molecule has 0 unspecified atom stereocenters. The highest BCUT2D eigenvalue weighted by Gasteiger charge is 2.41. The van der Waals surface area contributed by atoms with Gasteiger partial charge in [-0.15, -0.1) is 0 Å². The van der Waals surface area contributed by atoms with Crippen LogP contribution in [0.2, 0.25) is 0 Å². The summed E-state index contributed by atoms with van der Waals surface area (Å²) in [6.07, 6.45) is 0.481. The average molecular weight is 445 g/mol. The zero-order chi connectivity index (χ0) is 23.1. The lowest BCUT2D eigenvalue weighted by molar-refractivity contribution is -0.137. The van der Waals surface area contributed by atoms with Crippen LogP contribution in [0.1, 0.15) is 18.9 Å². The third-order valence-electron chi connectivity index (χ3n) is 6.66.